The van der Waals surface area contributed by atoms with Gasteiger partial charge in [-0.25, -0.2) is 4.98 Å². The summed E-state index contributed by atoms with van der Waals surface area (Å²) in [4.78, 5) is 8.75. The zero-order valence-corrected chi connectivity index (χ0v) is 17.6. The van der Waals surface area contributed by atoms with Gasteiger partial charge in [0.1, 0.15) is 10.4 Å². The SMILES string of the molecule is O=S(=O)(O)c1cc2oc(-c3ccnc4ccccc34)nc2c2ccccc12.[Na]. The molecule has 0 fully saturated rings. The van der Waals surface area contributed by atoms with Gasteiger partial charge in [-0.15, -0.1) is 0 Å². The summed E-state index contributed by atoms with van der Waals surface area (Å²) in [6.07, 6.45) is 1.67. The number of hydrogen-bond donors (Lipinski definition) is 1. The van der Waals surface area contributed by atoms with Gasteiger partial charge in [-0.3, -0.25) is 9.54 Å². The van der Waals surface area contributed by atoms with E-state index in [9.17, 15) is 13.0 Å². The van der Waals surface area contributed by atoms with Crippen molar-refractivity contribution in [2.45, 2.75) is 4.90 Å². The van der Waals surface area contributed by atoms with E-state index in [1.807, 2.05) is 24.3 Å². The van der Waals surface area contributed by atoms with Gasteiger partial charge in [0.2, 0.25) is 5.89 Å². The number of rotatable bonds is 2. The summed E-state index contributed by atoms with van der Waals surface area (Å²) in [5, 5.41) is 1.87. The van der Waals surface area contributed by atoms with E-state index in [0.29, 0.717) is 22.2 Å². The van der Waals surface area contributed by atoms with Crippen molar-refractivity contribution >= 4 is 72.5 Å². The number of nitrogens with zero attached hydrogens (tertiary/aromatic N) is 2. The topological polar surface area (TPSA) is 93.3 Å². The third-order valence-corrected chi connectivity index (χ3v) is 5.41. The van der Waals surface area contributed by atoms with E-state index < -0.39 is 10.1 Å². The molecule has 0 saturated carbocycles. The summed E-state index contributed by atoms with van der Waals surface area (Å²) in [7, 11) is -4.41. The van der Waals surface area contributed by atoms with E-state index in [1.165, 1.54) is 6.07 Å². The Hall–Kier alpha value is -2.29. The quantitative estimate of drug-likeness (QED) is 0.355. The minimum atomic E-state index is -4.41. The maximum Gasteiger partial charge on any atom is 0.295 e. The number of fused-ring (bicyclic) bond motifs is 4. The molecule has 0 spiro atoms. The molecule has 28 heavy (non-hydrogen) atoms. The van der Waals surface area contributed by atoms with Gasteiger partial charge in [0.15, 0.2) is 5.58 Å². The number of para-hydroxylation sites is 1. The number of oxazole rings is 1. The van der Waals surface area contributed by atoms with Gasteiger partial charge in [-0.1, -0.05) is 42.5 Å². The average molecular weight is 399 g/mol. The summed E-state index contributed by atoms with van der Waals surface area (Å²) in [6.45, 7) is 0. The number of hydrogen-bond acceptors (Lipinski definition) is 5. The Bertz CT molecular complexity index is 1460. The van der Waals surface area contributed by atoms with E-state index in [-0.39, 0.29) is 40.0 Å². The van der Waals surface area contributed by atoms with E-state index in [1.54, 1.807) is 36.5 Å². The van der Waals surface area contributed by atoms with Crippen molar-refractivity contribution in [3.05, 3.63) is 66.9 Å². The molecule has 0 aliphatic rings. The third kappa shape index (κ3) is 3.01. The summed E-state index contributed by atoms with van der Waals surface area (Å²) in [6, 6.07) is 17.6. The van der Waals surface area contributed by atoms with Crippen LogP contribution in [0.1, 0.15) is 0 Å². The van der Waals surface area contributed by atoms with Crippen molar-refractivity contribution in [1.82, 2.24) is 9.97 Å². The largest absolute Gasteiger partial charge is 0.436 e. The maximum atomic E-state index is 11.8. The molecule has 0 bridgehead atoms. The molecular formula is C20H12N2NaO4S. The van der Waals surface area contributed by atoms with Gasteiger partial charge in [-0.05, 0) is 12.1 Å². The zero-order chi connectivity index (χ0) is 18.6. The van der Waals surface area contributed by atoms with Gasteiger partial charge in [0.25, 0.3) is 10.1 Å². The molecule has 2 heterocycles. The Kier molecular flexibility index (Phi) is 4.73. The molecule has 1 N–H and O–H groups in total. The summed E-state index contributed by atoms with van der Waals surface area (Å²) < 4.78 is 39.2. The summed E-state index contributed by atoms with van der Waals surface area (Å²) >= 11 is 0. The Labute approximate surface area is 182 Å². The van der Waals surface area contributed by atoms with Crippen molar-refractivity contribution in [3.8, 4) is 11.5 Å². The fourth-order valence-electron chi connectivity index (χ4n) is 3.33. The van der Waals surface area contributed by atoms with Gasteiger partial charge >= 0.3 is 0 Å². The molecule has 8 heteroatoms. The van der Waals surface area contributed by atoms with Crippen molar-refractivity contribution in [2.24, 2.45) is 0 Å². The molecule has 6 nitrogen and oxygen atoms in total. The van der Waals surface area contributed by atoms with Crippen molar-refractivity contribution in [2.75, 3.05) is 0 Å². The van der Waals surface area contributed by atoms with Crippen LogP contribution in [0.4, 0.5) is 0 Å². The van der Waals surface area contributed by atoms with Crippen LogP contribution >= 0.6 is 0 Å². The molecule has 0 amide bonds. The minimum absolute atomic E-state index is 0. The Morgan fingerprint density at radius 3 is 2.32 bits per heavy atom. The van der Waals surface area contributed by atoms with Crippen LogP contribution in [-0.4, -0.2) is 52.5 Å². The van der Waals surface area contributed by atoms with E-state index >= 15 is 0 Å². The van der Waals surface area contributed by atoms with Gasteiger partial charge in [-0.2, -0.15) is 8.42 Å². The summed E-state index contributed by atoms with van der Waals surface area (Å²) in [5.41, 5.74) is 2.39. The number of aromatic nitrogens is 2. The van der Waals surface area contributed by atoms with Gasteiger partial charge < -0.3 is 4.42 Å². The molecule has 0 atom stereocenters. The fraction of sp³-hybridized carbons (Fsp3) is 0. The van der Waals surface area contributed by atoms with E-state index in [0.717, 1.165) is 16.5 Å². The average Bonchev–Trinajstić information content (AvgIpc) is 3.10. The molecule has 5 rings (SSSR count). The number of benzene rings is 3. The van der Waals surface area contributed by atoms with Crippen LogP contribution in [0.5, 0.6) is 0 Å². The standard InChI is InChI=1S/C20H12N2O4S.Na/c23-27(24,25)18-11-17-19(14-7-2-1-6-13(14)18)22-20(26-17)15-9-10-21-16-8-4-3-5-12(15)16;/h1-11H,(H,23,24,25);. The fourth-order valence-corrected chi connectivity index (χ4v) is 4.05. The Balaban J connectivity index is 0.00000192. The molecule has 133 valence electrons. The van der Waals surface area contributed by atoms with Crippen LogP contribution in [0, 0.1) is 0 Å². The molecular weight excluding hydrogens is 387 g/mol. The molecule has 0 aliphatic heterocycles. The normalized spacial score (nSPS) is 11.8. The van der Waals surface area contributed by atoms with Crippen molar-refractivity contribution < 1.29 is 17.4 Å². The molecule has 3 aromatic carbocycles. The smallest absolute Gasteiger partial charge is 0.295 e. The third-order valence-electron chi connectivity index (χ3n) is 4.52. The molecule has 2 aromatic heterocycles. The first-order valence-corrected chi connectivity index (χ1v) is 9.60. The van der Waals surface area contributed by atoms with Crippen LogP contribution in [0.3, 0.4) is 0 Å². The molecule has 0 aliphatic carbocycles. The summed E-state index contributed by atoms with van der Waals surface area (Å²) in [5.74, 6) is 0.362. The second-order valence-corrected chi connectivity index (χ2v) is 7.53. The molecule has 0 saturated heterocycles. The molecule has 0 unspecified atom stereocenters. The van der Waals surface area contributed by atoms with Crippen LogP contribution in [0.15, 0.2) is 76.2 Å². The van der Waals surface area contributed by atoms with Crippen molar-refractivity contribution in [3.63, 3.8) is 0 Å². The predicted octanol–water partition coefficient (Wildman–Crippen LogP) is 4.06. The number of pyridine rings is 1. The van der Waals surface area contributed by atoms with Gasteiger partial charge in [0.05, 0.1) is 5.52 Å². The first-order chi connectivity index (χ1) is 13.0. The molecule has 1 radical (unpaired) electrons. The second-order valence-electron chi connectivity index (χ2n) is 6.14. The second kappa shape index (κ2) is 6.95. The minimum Gasteiger partial charge on any atom is -0.436 e. The zero-order valence-electron chi connectivity index (χ0n) is 14.8. The molecule has 5 aromatic rings. The maximum absolute atomic E-state index is 11.8. The predicted molar refractivity (Wildman–Crippen MR) is 108 cm³/mol. The van der Waals surface area contributed by atoms with Gasteiger partial charge in [0, 0.05) is 63.5 Å². The van der Waals surface area contributed by atoms with Crippen LogP contribution < -0.4 is 0 Å². The first kappa shape index (κ1) is 19.0. The Morgan fingerprint density at radius 1 is 0.893 bits per heavy atom. The van der Waals surface area contributed by atoms with E-state index in [4.69, 9.17) is 4.42 Å². The Morgan fingerprint density at radius 2 is 1.57 bits per heavy atom. The first-order valence-electron chi connectivity index (χ1n) is 8.16. The van der Waals surface area contributed by atoms with Crippen LogP contribution in [-0.2, 0) is 10.1 Å². The monoisotopic (exact) mass is 399 g/mol. The van der Waals surface area contributed by atoms with Crippen molar-refractivity contribution in [1.29, 1.82) is 0 Å². The van der Waals surface area contributed by atoms with E-state index in [2.05, 4.69) is 9.97 Å². The van der Waals surface area contributed by atoms with Crippen LogP contribution in [0.25, 0.3) is 44.2 Å². The van der Waals surface area contributed by atoms with Crippen LogP contribution in [0.2, 0.25) is 0 Å².